The van der Waals surface area contributed by atoms with Gasteiger partial charge in [-0.1, -0.05) is 0 Å². The molecule has 0 aromatic heterocycles. The van der Waals surface area contributed by atoms with Crippen molar-refractivity contribution in [2.75, 3.05) is 31.1 Å². The Morgan fingerprint density at radius 1 is 1.42 bits per heavy atom. The fourth-order valence-electron chi connectivity index (χ4n) is 2.75. The van der Waals surface area contributed by atoms with Gasteiger partial charge in [-0.3, -0.25) is 4.79 Å². The SMILES string of the molecule is O=C(O)C1CSCCN1C(=O)CCC1CCCNC1. The number of aliphatic carboxylic acids is 1. The highest BCUT2D eigenvalue weighted by atomic mass is 32.2. The van der Waals surface area contributed by atoms with Gasteiger partial charge in [-0.2, -0.15) is 11.8 Å². The molecule has 19 heavy (non-hydrogen) atoms. The van der Waals surface area contributed by atoms with Crippen molar-refractivity contribution in [2.24, 2.45) is 5.92 Å². The van der Waals surface area contributed by atoms with E-state index in [4.69, 9.17) is 5.11 Å². The molecule has 0 saturated carbocycles. The molecular weight excluding hydrogens is 264 g/mol. The highest BCUT2D eigenvalue weighted by Gasteiger charge is 2.32. The van der Waals surface area contributed by atoms with Crippen molar-refractivity contribution >= 4 is 23.6 Å². The Hall–Kier alpha value is -0.750. The molecule has 2 rings (SSSR count). The highest BCUT2D eigenvalue weighted by molar-refractivity contribution is 7.99. The number of carboxylic acids is 1. The Morgan fingerprint density at radius 3 is 2.95 bits per heavy atom. The first kappa shape index (κ1) is 14.7. The summed E-state index contributed by atoms with van der Waals surface area (Å²) in [6.07, 6.45) is 3.72. The minimum absolute atomic E-state index is 0.0123. The molecule has 1 amide bonds. The quantitative estimate of drug-likeness (QED) is 0.800. The molecule has 6 heteroatoms. The van der Waals surface area contributed by atoms with Crippen molar-refractivity contribution in [1.82, 2.24) is 10.2 Å². The lowest BCUT2D eigenvalue weighted by Crippen LogP contribution is -2.50. The average Bonchev–Trinajstić information content (AvgIpc) is 2.46. The molecule has 2 saturated heterocycles. The molecule has 108 valence electrons. The van der Waals surface area contributed by atoms with Crippen LogP contribution in [0.1, 0.15) is 25.7 Å². The number of amides is 1. The van der Waals surface area contributed by atoms with Gasteiger partial charge in [-0.05, 0) is 38.3 Å². The largest absolute Gasteiger partial charge is 0.480 e. The summed E-state index contributed by atoms with van der Waals surface area (Å²) in [7, 11) is 0. The van der Waals surface area contributed by atoms with E-state index in [0.29, 0.717) is 24.6 Å². The molecule has 2 fully saturated rings. The van der Waals surface area contributed by atoms with Gasteiger partial charge in [0.2, 0.25) is 5.91 Å². The van der Waals surface area contributed by atoms with Gasteiger partial charge < -0.3 is 15.3 Å². The van der Waals surface area contributed by atoms with E-state index in [1.54, 1.807) is 16.7 Å². The van der Waals surface area contributed by atoms with Crippen LogP contribution >= 0.6 is 11.8 Å². The van der Waals surface area contributed by atoms with Gasteiger partial charge in [-0.25, -0.2) is 4.79 Å². The van der Waals surface area contributed by atoms with E-state index in [1.807, 2.05) is 0 Å². The first-order valence-corrected chi connectivity index (χ1v) is 8.14. The van der Waals surface area contributed by atoms with Gasteiger partial charge in [0.05, 0.1) is 0 Å². The molecule has 0 aliphatic carbocycles. The van der Waals surface area contributed by atoms with E-state index in [0.717, 1.165) is 25.3 Å². The summed E-state index contributed by atoms with van der Waals surface area (Å²) >= 11 is 1.61. The van der Waals surface area contributed by atoms with Crippen LogP contribution in [-0.2, 0) is 9.59 Å². The average molecular weight is 286 g/mol. The molecule has 5 nitrogen and oxygen atoms in total. The Balaban J connectivity index is 1.81. The van der Waals surface area contributed by atoms with Crippen molar-refractivity contribution < 1.29 is 14.7 Å². The van der Waals surface area contributed by atoms with Crippen molar-refractivity contribution in [3.63, 3.8) is 0 Å². The molecule has 0 spiro atoms. The monoisotopic (exact) mass is 286 g/mol. The Bertz CT molecular complexity index is 332. The molecule has 0 aromatic carbocycles. The van der Waals surface area contributed by atoms with Gasteiger partial charge in [0.1, 0.15) is 6.04 Å². The fraction of sp³-hybridized carbons (Fsp3) is 0.846. The van der Waals surface area contributed by atoms with E-state index in [9.17, 15) is 9.59 Å². The Labute approximate surface area is 118 Å². The van der Waals surface area contributed by atoms with E-state index in [-0.39, 0.29) is 5.91 Å². The van der Waals surface area contributed by atoms with Crippen molar-refractivity contribution in [3.05, 3.63) is 0 Å². The van der Waals surface area contributed by atoms with Crippen LogP contribution in [0.2, 0.25) is 0 Å². The molecule has 2 unspecified atom stereocenters. The van der Waals surface area contributed by atoms with Crippen LogP contribution in [0.5, 0.6) is 0 Å². The van der Waals surface area contributed by atoms with Crippen molar-refractivity contribution in [3.8, 4) is 0 Å². The lowest BCUT2D eigenvalue weighted by atomic mass is 9.94. The first-order chi connectivity index (χ1) is 9.18. The lowest BCUT2D eigenvalue weighted by molar-refractivity contribution is -0.149. The van der Waals surface area contributed by atoms with Crippen LogP contribution in [0.25, 0.3) is 0 Å². The van der Waals surface area contributed by atoms with Crippen LogP contribution in [0.3, 0.4) is 0 Å². The Morgan fingerprint density at radius 2 is 2.26 bits per heavy atom. The number of hydrogen-bond acceptors (Lipinski definition) is 4. The molecule has 0 bridgehead atoms. The minimum atomic E-state index is -0.875. The third-order valence-corrected chi connectivity index (χ3v) is 4.92. The van der Waals surface area contributed by atoms with Crippen molar-refractivity contribution in [1.29, 1.82) is 0 Å². The highest BCUT2D eigenvalue weighted by Crippen LogP contribution is 2.21. The van der Waals surface area contributed by atoms with E-state index in [1.165, 1.54) is 12.8 Å². The summed E-state index contributed by atoms with van der Waals surface area (Å²) in [5.74, 6) is 1.07. The van der Waals surface area contributed by atoms with E-state index in [2.05, 4.69) is 5.32 Å². The predicted octanol–water partition coefficient (Wildman–Crippen LogP) is 0.795. The number of carbonyl (C=O) groups excluding carboxylic acids is 1. The summed E-state index contributed by atoms with van der Waals surface area (Å²) in [5.41, 5.74) is 0. The molecule has 0 radical (unpaired) electrons. The molecule has 2 aliphatic heterocycles. The molecule has 2 aliphatic rings. The van der Waals surface area contributed by atoms with Gasteiger partial charge in [-0.15, -0.1) is 0 Å². The number of nitrogens with one attached hydrogen (secondary N) is 1. The van der Waals surface area contributed by atoms with Gasteiger partial charge in [0.15, 0.2) is 0 Å². The fourth-order valence-corrected chi connectivity index (χ4v) is 3.79. The molecule has 2 N–H and O–H groups in total. The maximum atomic E-state index is 12.2. The Kier molecular flexibility index (Phi) is 5.51. The second-order valence-electron chi connectivity index (χ2n) is 5.27. The number of rotatable bonds is 4. The summed E-state index contributed by atoms with van der Waals surface area (Å²) in [4.78, 5) is 24.9. The van der Waals surface area contributed by atoms with Gasteiger partial charge in [0.25, 0.3) is 0 Å². The minimum Gasteiger partial charge on any atom is -0.480 e. The summed E-state index contributed by atoms with van der Waals surface area (Å²) < 4.78 is 0. The van der Waals surface area contributed by atoms with Crippen LogP contribution in [0.4, 0.5) is 0 Å². The zero-order chi connectivity index (χ0) is 13.7. The lowest BCUT2D eigenvalue weighted by Gasteiger charge is -2.33. The maximum Gasteiger partial charge on any atom is 0.327 e. The first-order valence-electron chi connectivity index (χ1n) is 6.99. The number of carboxylic acid groups (broad SMARTS) is 1. The van der Waals surface area contributed by atoms with Crippen LogP contribution in [-0.4, -0.2) is 59.1 Å². The van der Waals surface area contributed by atoms with E-state index < -0.39 is 12.0 Å². The normalized spacial score (nSPS) is 28.1. The second-order valence-corrected chi connectivity index (χ2v) is 6.42. The molecule has 2 atom stereocenters. The number of thioether (sulfide) groups is 1. The topological polar surface area (TPSA) is 69.6 Å². The smallest absolute Gasteiger partial charge is 0.327 e. The van der Waals surface area contributed by atoms with Gasteiger partial charge in [0, 0.05) is 24.5 Å². The number of piperidine rings is 1. The van der Waals surface area contributed by atoms with Crippen LogP contribution < -0.4 is 5.32 Å². The maximum absolute atomic E-state index is 12.2. The zero-order valence-electron chi connectivity index (χ0n) is 11.1. The zero-order valence-corrected chi connectivity index (χ0v) is 12.0. The number of carbonyl (C=O) groups is 2. The standard InChI is InChI=1S/C13H22N2O3S/c16-12(4-3-10-2-1-5-14-8-10)15-6-7-19-9-11(15)13(17)18/h10-11,14H,1-9H2,(H,17,18). The van der Waals surface area contributed by atoms with Crippen LogP contribution in [0.15, 0.2) is 0 Å². The second kappa shape index (κ2) is 7.14. The third-order valence-electron chi connectivity index (χ3n) is 3.90. The molecular formula is C13H22N2O3S. The van der Waals surface area contributed by atoms with Gasteiger partial charge >= 0.3 is 5.97 Å². The summed E-state index contributed by atoms with van der Waals surface area (Å²) in [6, 6.07) is -0.629. The number of nitrogens with zero attached hydrogens (tertiary/aromatic N) is 1. The summed E-state index contributed by atoms with van der Waals surface area (Å²) in [6.45, 7) is 2.64. The molecule has 2 heterocycles. The number of hydrogen-bond donors (Lipinski definition) is 2. The third kappa shape index (κ3) is 4.11. The molecule has 0 aromatic rings. The summed E-state index contributed by atoms with van der Waals surface area (Å²) in [5, 5.41) is 12.5. The van der Waals surface area contributed by atoms with Crippen molar-refractivity contribution in [2.45, 2.75) is 31.7 Å². The van der Waals surface area contributed by atoms with Crippen LogP contribution in [0, 0.1) is 5.92 Å². The van der Waals surface area contributed by atoms with E-state index >= 15 is 0 Å². The predicted molar refractivity (Wildman–Crippen MR) is 75.3 cm³/mol.